The Morgan fingerprint density at radius 3 is 2.79 bits per heavy atom. The summed E-state index contributed by atoms with van der Waals surface area (Å²) in [6.07, 6.45) is 4.92. The van der Waals surface area contributed by atoms with Crippen LogP contribution in [-0.4, -0.2) is 28.4 Å². The van der Waals surface area contributed by atoms with Gasteiger partial charge in [-0.25, -0.2) is 10.8 Å². The Bertz CT molecular complexity index is 406. The van der Waals surface area contributed by atoms with E-state index in [0.29, 0.717) is 11.4 Å². The van der Waals surface area contributed by atoms with Gasteiger partial charge in [0, 0.05) is 24.3 Å². The molecule has 106 valence electrons. The topological polar surface area (TPSA) is 71.2 Å². The number of aromatic nitrogens is 1. The van der Waals surface area contributed by atoms with Crippen LogP contribution in [0.1, 0.15) is 50.4 Å². The van der Waals surface area contributed by atoms with Crippen LogP contribution in [0, 0.1) is 0 Å². The number of hydrogen-bond acceptors (Lipinski definition) is 4. The fourth-order valence-electron chi connectivity index (χ4n) is 1.93. The van der Waals surface area contributed by atoms with Gasteiger partial charge >= 0.3 is 0 Å². The molecule has 5 heteroatoms. The Morgan fingerprint density at radius 1 is 1.47 bits per heavy atom. The van der Waals surface area contributed by atoms with Crippen molar-refractivity contribution < 1.29 is 4.79 Å². The molecular formula is C14H24N4O. The Labute approximate surface area is 115 Å². The second kappa shape index (κ2) is 7.74. The van der Waals surface area contributed by atoms with Gasteiger partial charge in [0.15, 0.2) is 0 Å². The van der Waals surface area contributed by atoms with E-state index in [-0.39, 0.29) is 11.9 Å². The van der Waals surface area contributed by atoms with Crippen LogP contribution in [0.3, 0.4) is 0 Å². The molecule has 1 aromatic heterocycles. The number of nitrogens with one attached hydrogen (secondary N) is 1. The third-order valence-corrected chi connectivity index (χ3v) is 3.04. The predicted octanol–water partition coefficient (Wildman–Crippen LogP) is 2.41. The minimum atomic E-state index is 0.0324. The summed E-state index contributed by atoms with van der Waals surface area (Å²) in [5.41, 5.74) is 3.08. The quantitative estimate of drug-likeness (QED) is 0.451. The van der Waals surface area contributed by atoms with Gasteiger partial charge in [-0.05, 0) is 32.4 Å². The number of amides is 1. The first-order valence-electron chi connectivity index (χ1n) is 6.83. The van der Waals surface area contributed by atoms with E-state index in [9.17, 15) is 4.79 Å². The van der Waals surface area contributed by atoms with Gasteiger partial charge < -0.3 is 10.3 Å². The van der Waals surface area contributed by atoms with Crippen molar-refractivity contribution in [1.82, 2.24) is 9.88 Å². The highest BCUT2D eigenvalue weighted by atomic mass is 16.2. The lowest BCUT2D eigenvalue weighted by molar-refractivity contribution is 0.0702. The molecule has 0 atom stereocenters. The van der Waals surface area contributed by atoms with E-state index in [1.54, 1.807) is 18.3 Å². The molecule has 1 rings (SSSR count). The van der Waals surface area contributed by atoms with E-state index in [4.69, 9.17) is 5.84 Å². The molecule has 0 fully saturated rings. The van der Waals surface area contributed by atoms with E-state index in [1.807, 2.05) is 18.7 Å². The molecule has 0 saturated carbocycles. The Morgan fingerprint density at radius 2 is 2.21 bits per heavy atom. The molecule has 0 saturated heterocycles. The summed E-state index contributed by atoms with van der Waals surface area (Å²) in [6, 6.07) is 3.59. The van der Waals surface area contributed by atoms with E-state index in [1.165, 1.54) is 0 Å². The molecule has 0 aliphatic heterocycles. The number of nitrogens with zero attached hydrogens (tertiary/aromatic N) is 2. The standard InChI is InChI=1S/C14H24N4O/c1-4-5-6-9-18(11(2)3)14(19)12-7-8-16-13(10-12)17-15/h7-8,10-11H,4-6,9,15H2,1-3H3,(H,16,17). The number of unbranched alkanes of at least 4 members (excludes halogenated alkanes) is 2. The normalized spacial score (nSPS) is 10.6. The van der Waals surface area contributed by atoms with Crippen molar-refractivity contribution in [2.45, 2.75) is 46.1 Å². The number of anilines is 1. The zero-order valence-corrected chi connectivity index (χ0v) is 12.0. The van der Waals surface area contributed by atoms with Crippen LogP contribution in [-0.2, 0) is 0 Å². The molecule has 0 unspecified atom stereocenters. The third kappa shape index (κ3) is 4.52. The van der Waals surface area contributed by atoms with Gasteiger partial charge in [0.05, 0.1) is 0 Å². The largest absolute Gasteiger partial charge is 0.336 e. The average Bonchev–Trinajstić information content (AvgIpc) is 2.42. The zero-order valence-electron chi connectivity index (χ0n) is 12.0. The van der Waals surface area contributed by atoms with Crippen LogP contribution in [0.4, 0.5) is 5.82 Å². The highest BCUT2D eigenvalue weighted by Gasteiger charge is 2.18. The van der Waals surface area contributed by atoms with Gasteiger partial charge in [0.25, 0.3) is 5.91 Å². The lowest BCUT2D eigenvalue weighted by Gasteiger charge is -2.27. The van der Waals surface area contributed by atoms with Crippen molar-refractivity contribution in [3.05, 3.63) is 23.9 Å². The summed E-state index contributed by atoms with van der Waals surface area (Å²) in [5, 5.41) is 0. The summed E-state index contributed by atoms with van der Waals surface area (Å²) >= 11 is 0. The van der Waals surface area contributed by atoms with Gasteiger partial charge in [0.1, 0.15) is 5.82 Å². The first-order valence-corrected chi connectivity index (χ1v) is 6.83. The number of hydrazine groups is 1. The smallest absolute Gasteiger partial charge is 0.254 e. The Hall–Kier alpha value is -1.62. The minimum absolute atomic E-state index is 0.0324. The number of carbonyl (C=O) groups is 1. The molecule has 0 bridgehead atoms. The minimum Gasteiger partial charge on any atom is -0.336 e. The first kappa shape index (κ1) is 15.4. The molecule has 3 N–H and O–H groups in total. The van der Waals surface area contributed by atoms with Crippen LogP contribution in [0.5, 0.6) is 0 Å². The van der Waals surface area contributed by atoms with Crippen molar-refractivity contribution in [2.24, 2.45) is 5.84 Å². The maximum atomic E-state index is 12.5. The lowest BCUT2D eigenvalue weighted by atomic mass is 10.1. The monoisotopic (exact) mass is 264 g/mol. The Kier molecular flexibility index (Phi) is 6.29. The number of nitrogen functional groups attached to an aromatic ring is 1. The van der Waals surface area contributed by atoms with E-state index in [2.05, 4.69) is 17.3 Å². The third-order valence-electron chi connectivity index (χ3n) is 3.04. The second-order valence-corrected chi connectivity index (χ2v) is 4.87. The zero-order chi connectivity index (χ0) is 14.3. The number of rotatable bonds is 7. The molecule has 0 radical (unpaired) electrons. The molecule has 0 aliphatic carbocycles. The van der Waals surface area contributed by atoms with Crippen LogP contribution < -0.4 is 11.3 Å². The number of pyridine rings is 1. The maximum Gasteiger partial charge on any atom is 0.254 e. The van der Waals surface area contributed by atoms with Crippen LogP contribution >= 0.6 is 0 Å². The summed E-state index contributed by atoms with van der Waals surface area (Å²) in [7, 11) is 0. The highest BCUT2D eigenvalue weighted by Crippen LogP contribution is 2.12. The first-order chi connectivity index (χ1) is 9.10. The summed E-state index contributed by atoms with van der Waals surface area (Å²) in [6.45, 7) is 7.02. The van der Waals surface area contributed by atoms with Crippen molar-refractivity contribution >= 4 is 11.7 Å². The maximum absolute atomic E-state index is 12.5. The van der Waals surface area contributed by atoms with Crippen LogP contribution in [0.25, 0.3) is 0 Å². The predicted molar refractivity (Wildman–Crippen MR) is 77.7 cm³/mol. The molecule has 1 amide bonds. The molecule has 0 aliphatic rings. The van der Waals surface area contributed by atoms with Crippen LogP contribution in [0.15, 0.2) is 18.3 Å². The average molecular weight is 264 g/mol. The molecule has 1 heterocycles. The second-order valence-electron chi connectivity index (χ2n) is 4.87. The summed E-state index contributed by atoms with van der Waals surface area (Å²) in [5.74, 6) is 5.85. The number of hydrogen-bond donors (Lipinski definition) is 2. The summed E-state index contributed by atoms with van der Waals surface area (Å²) in [4.78, 5) is 18.4. The van der Waals surface area contributed by atoms with Crippen LogP contribution in [0.2, 0.25) is 0 Å². The van der Waals surface area contributed by atoms with Crippen molar-refractivity contribution in [3.8, 4) is 0 Å². The van der Waals surface area contributed by atoms with Crippen molar-refractivity contribution in [1.29, 1.82) is 0 Å². The molecular weight excluding hydrogens is 240 g/mol. The fraction of sp³-hybridized carbons (Fsp3) is 0.571. The molecule has 19 heavy (non-hydrogen) atoms. The number of nitrogens with two attached hydrogens (primary N) is 1. The van der Waals surface area contributed by atoms with Gasteiger partial charge in [-0.2, -0.15) is 0 Å². The molecule has 0 spiro atoms. The van der Waals surface area contributed by atoms with Crippen molar-refractivity contribution in [3.63, 3.8) is 0 Å². The molecule has 0 aromatic carbocycles. The lowest BCUT2D eigenvalue weighted by Crippen LogP contribution is -2.37. The Balaban J connectivity index is 2.80. The van der Waals surface area contributed by atoms with Gasteiger partial charge in [0.2, 0.25) is 0 Å². The fourth-order valence-corrected chi connectivity index (χ4v) is 1.93. The van der Waals surface area contributed by atoms with Gasteiger partial charge in [-0.1, -0.05) is 19.8 Å². The summed E-state index contributed by atoms with van der Waals surface area (Å²) < 4.78 is 0. The highest BCUT2D eigenvalue weighted by molar-refractivity contribution is 5.95. The van der Waals surface area contributed by atoms with Gasteiger partial charge in [-0.15, -0.1) is 0 Å². The SMILES string of the molecule is CCCCCN(C(=O)c1ccnc(NN)c1)C(C)C. The van der Waals surface area contributed by atoms with Gasteiger partial charge in [-0.3, -0.25) is 4.79 Å². The molecule has 1 aromatic rings. The molecule has 5 nitrogen and oxygen atoms in total. The van der Waals surface area contributed by atoms with E-state index < -0.39 is 0 Å². The number of carbonyl (C=O) groups excluding carboxylic acids is 1. The van der Waals surface area contributed by atoms with Crippen molar-refractivity contribution in [2.75, 3.05) is 12.0 Å². The van der Waals surface area contributed by atoms with E-state index in [0.717, 1.165) is 25.8 Å². The van der Waals surface area contributed by atoms with E-state index >= 15 is 0 Å².